The van der Waals surface area contributed by atoms with E-state index in [4.69, 9.17) is 0 Å². The quantitative estimate of drug-likeness (QED) is 0.0494. The predicted molar refractivity (Wildman–Crippen MR) is 229 cm³/mol. The Hall–Kier alpha value is -2.08. The van der Waals surface area contributed by atoms with Crippen molar-refractivity contribution in [3.8, 4) is 11.1 Å². The second kappa shape index (κ2) is 24.5. The van der Waals surface area contributed by atoms with Crippen LogP contribution in [0.5, 0.6) is 0 Å². The Morgan fingerprint density at radius 3 is 1.20 bits per heavy atom. The molecule has 1 aliphatic carbocycles. The number of hydrogen-bond donors (Lipinski definition) is 0. The van der Waals surface area contributed by atoms with Crippen LogP contribution in [0.4, 0.5) is 26.3 Å². The van der Waals surface area contributed by atoms with Gasteiger partial charge in [0.2, 0.25) is 0 Å². The number of sulfone groups is 2. The highest BCUT2D eigenvalue weighted by atomic mass is 32.2. The van der Waals surface area contributed by atoms with Gasteiger partial charge in [-0.05, 0) is 95.9 Å². The molecule has 0 heterocycles. The Balaban J connectivity index is 2.45. The molecule has 0 atom stereocenters. The van der Waals surface area contributed by atoms with Gasteiger partial charge in [0.15, 0.2) is 0 Å². The van der Waals surface area contributed by atoms with E-state index in [1.54, 1.807) is 6.07 Å². The summed E-state index contributed by atoms with van der Waals surface area (Å²) in [5, 5.41) is 0. The van der Waals surface area contributed by atoms with Crippen LogP contribution in [0, 0.1) is 0 Å². The van der Waals surface area contributed by atoms with E-state index in [-0.39, 0.29) is 30.4 Å². The van der Waals surface area contributed by atoms with Crippen molar-refractivity contribution < 1.29 is 43.2 Å². The number of halogens is 6. The summed E-state index contributed by atoms with van der Waals surface area (Å²) in [6.45, 7) is 8.41. The summed E-state index contributed by atoms with van der Waals surface area (Å²) in [5.74, 6) is 0. The fourth-order valence-electron chi connectivity index (χ4n) is 8.92. The average Bonchev–Trinajstić information content (AvgIpc) is 3.56. The Bertz CT molecular complexity index is 1810. The molecule has 0 unspecified atom stereocenters. The molecule has 2 aromatic rings. The zero-order valence-corrected chi connectivity index (χ0v) is 38.0. The van der Waals surface area contributed by atoms with Gasteiger partial charge in [-0.3, -0.25) is 0 Å². The summed E-state index contributed by atoms with van der Waals surface area (Å²) >= 11 is 0. The van der Waals surface area contributed by atoms with Gasteiger partial charge in [-0.1, -0.05) is 168 Å². The predicted octanol–water partition coefficient (Wildman–Crippen LogP) is 15.5. The average molecular weight is 879 g/mol. The lowest BCUT2D eigenvalue weighted by atomic mass is 9.84. The summed E-state index contributed by atoms with van der Waals surface area (Å²) < 4.78 is 144. The number of hydrogen-bond acceptors (Lipinski definition) is 4. The third-order valence-electron chi connectivity index (χ3n) is 12.1. The molecule has 0 saturated heterocycles. The van der Waals surface area contributed by atoms with Crippen LogP contribution in [0.2, 0.25) is 0 Å². The Morgan fingerprint density at radius 1 is 0.424 bits per heavy atom. The van der Waals surface area contributed by atoms with Crippen molar-refractivity contribution in [2.45, 2.75) is 235 Å². The molecule has 1 aliphatic rings. The van der Waals surface area contributed by atoms with E-state index >= 15 is 0 Å². The molecule has 2 aromatic carbocycles. The van der Waals surface area contributed by atoms with Crippen molar-refractivity contribution in [1.82, 2.24) is 0 Å². The normalized spacial score (nSPS) is 13.3. The summed E-state index contributed by atoms with van der Waals surface area (Å²) in [4.78, 5) is -3.42. The molecule has 0 bridgehead atoms. The molecule has 59 heavy (non-hydrogen) atoms. The van der Waals surface area contributed by atoms with Crippen LogP contribution in [0.1, 0.15) is 215 Å². The molecule has 3 rings (SSSR count). The van der Waals surface area contributed by atoms with Crippen molar-refractivity contribution in [2.75, 3.05) is 0 Å². The van der Waals surface area contributed by atoms with Crippen LogP contribution in [-0.4, -0.2) is 27.9 Å². The molecule has 0 N–H and O–H groups in total. The standard InChI is InChI=1S/C47H72F6O4S2/c1-5-9-13-17-21-25-29-36-33-34-37-35-41-43(42(37)38(36)30-26-22-18-14-10-6-2)39(31-27-23-19-15-11-7-3)40(32-28-24-20-16-12-8-4)44(58(54,55)46(48,49)50)45(41)59(56,57)47(51,52)53/h33-34H,5-32,35H2,1-4H3. The maximum absolute atomic E-state index is 14.8. The molecule has 0 aliphatic heterocycles. The summed E-state index contributed by atoms with van der Waals surface area (Å²) in [5.41, 5.74) is -9.27. The van der Waals surface area contributed by atoms with Gasteiger partial charge in [0.1, 0.15) is 0 Å². The zero-order chi connectivity index (χ0) is 43.7. The first-order chi connectivity index (χ1) is 28.0. The molecular formula is C47H72F6O4S2. The third kappa shape index (κ3) is 13.7. The molecule has 4 nitrogen and oxygen atoms in total. The number of alkyl halides is 6. The number of benzene rings is 2. The second-order valence-corrected chi connectivity index (χ2v) is 20.6. The van der Waals surface area contributed by atoms with Gasteiger partial charge in [-0.2, -0.15) is 26.3 Å². The van der Waals surface area contributed by atoms with E-state index in [2.05, 4.69) is 20.8 Å². The largest absolute Gasteiger partial charge is 0.501 e. The lowest BCUT2D eigenvalue weighted by Crippen LogP contribution is -2.32. The van der Waals surface area contributed by atoms with Gasteiger partial charge in [-0.25, -0.2) is 16.8 Å². The number of unbranched alkanes of at least 4 members (excludes halogenated alkanes) is 20. The minimum absolute atomic E-state index is 0.143. The lowest BCUT2D eigenvalue weighted by Gasteiger charge is -2.26. The smallest absolute Gasteiger partial charge is 0.214 e. The van der Waals surface area contributed by atoms with Crippen molar-refractivity contribution in [1.29, 1.82) is 0 Å². The molecule has 0 fully saturated rings. The highest BCUT2D eigenvalue weighted by molar-refractivity contribution is 7.95. The summed E-state index contributed by atoms with van der Waals surface area (Å²) in [7, 11) is -13.1. The van der Waals surface area contributed by atoms with Crippen LogP contribution >= 0.6 is 0 Å². The van der Waals surface area contributed by atoms with Gasteiger partial charge in [0, 0.05) is 6.42 Å². The first-order valence-electron chi connectivity index (χ1n) is 23.0. The first-order valence-corrected chi connectivity index (χ1v) is 25.9. The van der Waals surface area contributed by atoms with E-state index in [1.807, 2.05) is 13.0 Å². The highest BCUT2D eigenvalue weighted by Crippen LogP contribution is 2.53. The van der Waals surface area contributed by atoms with Gasteiger partial charge in [-0.15, -0.1) is 0 Å². The van der Waals surface area contributed by atoms with Gasteiger partial charge < -0.3 is 0 Å². The maximum atomic E-state index is 14.8. The Labute approximate surface area is 352 Å². The summed E-state index contributed by atoms with van der Waals surface area (Å²) in [6, 6.07) is 3.75. The van der Waals surface area contributed by atoms with E-state index in [0.717, 1.165) is 133 Å². The Morgan fingerprint density at radius 2 is 0.780 bits per heavy atom. The molecule has 12 heteroatoms. The fourth-order valence-corrected chi connectivity index (χ4v) is 11.8. The van der Waals surface area contributed by atoms with E-state index in [1.165, 1.54) is 0 Å². The minimum Gasteiger partial charge on any atom is -0.214 e. The minimum atomic E-state index is -6.57. The molecular weight excluding hydrogens is 807 g/mol. The van der Waals surface area contributed by atoms with Crippen molar-refractivity contribution in [2.24, 2.45) is 0 Å². The number of fused-ring (bicyclic) bond motifs is 3. The number of aryl methyl sites for hydroxylation is 1. The van der Waals surface area contributed by atoms with Gasteiger partial charge in [0.25, 0.3) is 19.7 Å². The van der Waals surface area contributed by atoms with Crippen LogP contribution in [0.3, 0.4) is 0 Å². The number of rotatable bonds is 30. The second-order valence-electron chi connectivity index (χ2n) is 16.9. The zero-order valence-electron chi connectivity index (χ0n) is 36.4. The molecule has 0 spiro atoms. The first kappa shape index (κ1) is 51.3. The van der Waals surface area contributed by atoms with Crippen molar-refractivity contribution in [3.63, 3.8) is 0 Å². The van der Waals surface area contributed by atoms with Crippen LogP contribution in [0.25, 0.3) is 11.1 Å². The van der Waals surface area contributed by atoms with Crippen molar-refractivity contribution in [3.05, 3.63) is 45.5 Å². The summed E-state index contributed by atoms with van der Waals surface area (Å²) in [6.07, 6.45) is 22.3. The molecule has 0 saturated carbocycles. The van der Waals surface area contributed by atoms with E-state index < -0.39 is 58.0 Å². The lowest BCUT2D eigenvalue weighted by molar-refractivity contribution is -0.0457. The fraction of sp³-hybridized carbons (Fsp3) is 0.745. The monoisotopic (exact) mass is 878 g/mol. The third-order valence-corrected chi connectivity index (χ3v) is 15.4. The SMILES string of the molecule is CCCCCCCCc1ccc2c(c1CCCCCCCC)-c1c(CCCCCCCC)c(CCCCCCCC)c(S(=O)(=O)C(F)(F)F)c(S(=O)(=O)C(F)(F)F)c1C2. The van der Waals surface area contributed by atoms with Crippen LogP contribution < -0.4 is 0 Å². The maximum Gasteiger partial charge on any atom is 0.501 e. The van der Waals surface area contributed by atoms with Crippen LogP contribution in [-0.2, 0) is 51.8 Å². The van der Waals surface area contributed by atoms with Crippen molar-refractivity contribution >= 4 is 19.7 Å². The van der Waals surface area contributed by atoms with Gasteiger partial charge in [0.05, 0.1) is 9.79 Å². The molecule has 0 amide bonds. The van der Waals surface area contributed by atoms with Gasteiger partial charge >= 0.3 is 11.0 Å². The van der Waals surface area contributed by atoms with Crippen LogP contribution in [0.15, 0.2) is 21.9 Å². The molecule has 0 radical (unpaired) electrons. The highest BCUT2D eigenvalue weighted by Gasteiger charge is 2.57. The van der Waals surface area contributed by atoms with E-state index in [0.29, 0.717) is 49.7 Å². The van der Waals surface area contributed by atoms with E-state index in [9.17, 15) is 43.2 Å². The molecule has 0 aromatic heterocycles. The molecule has 338 valence electrons. The topological polar surface area (TPSA) is 68.3 Å². The Kier molecular flexibility index (Phi) is 21.3.